The zero-order valence-corrected chi connectivity index (χ0v) is 13.2. The zero-order valence-electron chi connectivity index (χ0n) is 13.2. The Kier molecular flexibility index (Phi) is 4.55. The molecule has 2 heterocycles. The van der Waals surface area contributed by atoms with E-state index in [1.807, 2.05) is 12.3 Å². The normalized spacial score (nSPS) is 18.6. The van der Waals surface area contributed by atoms with E-state index in [0.29, 0.717) is 6.04 Å². The van der Waals surface area contributed by atoms with Crippen molar-refractivity contribution < 1.29 is 4.39 Å². The smallest absolute Gasteiger partial charge is 0.123 e. The number of nitrogens with zero attached hydrogens (tertiary/aromatic N) is 4. The van der Waals surface area contributed by atoms with Gasteiger partial charge in [0.2, 0.25) is 0 Å². The Morgan fingerprint density at radius 3 is 2.95 bits per heavy atom. The van der Waals surface area contributed by atoms with E-state index in [9.17, 15) is 4.39 Å². The van der Waals surface area contributed by atoms with Crippen LogP contribution >= 0.6 is 0 Å². The summed E-state index contributed by atoms with van der Waals surface area (Å²) in [5, 5.41) is 4.48. The van der Waals surface area contributed by atoms with E-state index in [1.165, 1.54) is 11.8 Å². The van der Waals surface area contributed by atoms with Crippen molar-refractivity contribution in [2.75, 3.05) is 27.2 Å². The first kappa shape index (κ1) is 15.2. The molecule has 1 atom stereocenters. The van der Waals surface area contributed by atoms with Gasteiger partial charge in [-0.1, -0.05) is 12.1 Å². The molecule has 0 aliphatic carbocycles. The Labute approximate surface area is 131 Å². The van der Waals surface area contributed by atoms with E-state index in [1.54, 1.807) is 12.1 Å². The molecule has 0 spiro atoms. The fraction of sp³-hybridized carbons (Fsp3) is 0.471. The summed E-state index contributed by atoms with van der Waals surface area (Å²) < 4.78 is 15.5. The lowest BCUT2D eigenvalue weighted by Gasteiger charge is -2.34. The van der Waals surface area contributed by atoms with Gasteiger partial charge in [-0.15, -0.1) is 0 Å². The van der Waals surface area contributed by atoms with Gasteiger partial charge in [-0.3, -0.25) is 9.58 Å². The number of hydrogen-bond donors (Lipinski definition) is 0. The van der Waals surface area contributed by atoms with Crippen LogP contribution in [0.3, 0.4) is 0 Å². The molecule has 0 amide bonds. The Hall–Kier alpha value is -1.72. The van der Waals surface area contributed by atoms with Gasteiger partial charge in [0.25, 0.3) is 0 Å². The van der Waals surface area contributed by atoms with Crippen LogP contribution in [0.2, 0.25) is 0 Å². The second-order valence-corrected chi connectivity index (χ2v) is 6.31. The fourth-order valence-corrected chi connectivity index (χ4v) is 3.10. The Bertz CT molecular complexity index is 623. The average Bonchev–Trinajstić information content (AvgIpc) is 2.93. The van der Waals surface area contributed by atoms with Crippen LogP contribution in [-0.4, -0.2) is 46.8 Å². The first-order valence-electron chi connectivity index (χ1n) is 7.76. The third kappa shape index (κ3) is 3.54. The van der Waals surface area contributed by atoms with E-state index in [0.717, 1.165) is 38.2 Å². The van der Waals surface area contributed by atoms with Crippen molar-refractivity contribution in [2.24, 2.45) is 0 Å². The number of hydrogen-bond acceptors (Lipinski definition) is 3. The number of fused-ring (bicyclic) bond motifs is 1. The van der Waals surface area contributed by atoms with Gasteiger partial charge in [-0.05, 0) is 50.8 Å². The predicted molar refractivity (Wildman–Crippen MR) is 84.9 cm³/mol. The zero-order chi connectivity index (χ0) is 15.5. The van der Waals surface area contributed by atoms with Gasteiger partial charge in [0.1, 0.15) is 5.82 Å². The minimum absolute atomic E-state index is 0.163. The topological polar surface area (TPSA) is 24.3 Å². The van der Waals surface area contributed by atoms with Crippen molar-refractivity contribution in [1.29, 1.82) is 0 Å². The Morgan fingerprint density at radius 2 is 2.18 bits per heavy atom. The first-order valence-corrected chi connectivity index (χ1v) is 7.76. The highest BCUT2D eigenvalue weighted by Crippen LogP contribution is 2.24. The van der Waals surface area contributed by atoms with Crippen LogP contribution in [0, 0.1) is 5.82 Å². The number of aromatic nitrogens is 2. The number of benzene rings is 1. The second kappa shape index (κ2) is 6.58. The Morgan fingerprint density at radius 1 is 1.32 bits per heavy atom. The standard InChI is InChI=1S/C17H23FN4/c1-20(2)9-7-17-13-21(12-16-6-8-19-22(16)17)11-14-4-3-5-15(18)10-14/h3-6,8,10,17H,7,9,11-13H2,1-2H3. The van der Waals surface area contributed by atoms with Crippen LogP contribution in [0.5, 0.6) is 0 Å². The van der Waals surface area contributed by atoms with E-state index < -0.39 is 0 Å². The van der Waals surface area contributed by atoms with Crippen LogP contribution in [0.4, 0.5) is 4.39 Å². The van der Waals surface area contributed by atoms with Crippen LogP contribution in [-0.2, 0) is 13.1 Å². The largest absolute Gasteiger partial charge is 0.309 e. The summed E-state index contributed by atoms with van der Waals surface area (Å²) in [7, 11) is 4.19. The summed E-state index contributed by atoms with van der Waals surface area (Å²) in [6.45, 7) is 3.65. The molecule has 2 aromatic rings. The van der Waals surface area contributed by atoms with Crippen molar-refractivity contribution >= 4 is 0 Å². The van der Waals surface area contributed by atoms with E-state index in [4.69, 9.17) is 0 Å². The maximum atomic E-state index is 13.4. The minimum atomic E-state index is -0.163. The number of rotatable bonds is 5. The summed E-state index contributed by atoms with van der Waals surface area (Å²) in [5.74, 6) is -0.163. The maximum absolute atomic E-state index is 13.4. The lowest BCUT2D eigenvalue weighted by Crippen LogP contribution is -2.38. The Balaban J connectivity index is 1.72. The molecule has 1 aromatic carbocycles. The summed E-state index contributed by atoms with van der Waals surface area (Å²) in [5.41, 5.74) is 2.27. The molecule has 1 aliphatic rings. The van der Waals surface area contributed by atoms with Gasteiger partial charge in [0.15, 0.2) is 0 Å². The monoisotopic (exact) mass is 302 g/mol. The third-order valence-corrected chi connectivity index (χ3v) is 4.16. The molecule has 4 nitrogen and oxygen atoms in total. The van der Waals surface area contributed by atoms with E-state index >= 15 is 0 Å². The molecule has 0 saturated carbocycles. The van der Waals surface area contributed by atoms with Gasteiger partial charge in [0.05, 0.1) is 11.7 Å². The van der Waals surface area contributed by atoms with Crippen molar-refractivity contribution in [3.05, 3.63) is 53.6 Å². The molecule has 1 unspecified atom stereocenters. The van der Waals surface area contributed by atoms with Gasteiger partial charge in [-0.25, -0.2) is 4.39 Å². The summed E-state index contributed by atoms with van der Waals surface area (Å²) in [4.78, 5) is 4.58. The van der Waals surface area contributed by atoms with Crippen molar-refractivity contribution in [1.82, 2.24) is 19.6 Å². The fourth-order valence-electron chi connectivity index (χ4n) is 3.10. The van der Waals surface area contributed by atoms with E-state index in [-0.39, 0.29) is 5.82 Å². The highest BCUT2D eigenvalue weighted by Gasteiger charge is 2.25. The molecule has 22 heavy (non-hydrogen) atoms. The summed E-state index contributed by atoms with van der Waals surface area (Å²) >= 11 is 0. The molecular formula is C17H23FN4. The molecule has 0 radical (unpaired) electrons. The van der Waals surface area contributed by atoms with Crippen LogP contribution in [0.1, 0.15) is 23.7 Å². The number of halogens is 1. The molecule has 1 aromatic heterocycles. The van der Waals surface area contributed by atoms with Gasteiger partial charge in [0, 0.05) is 25.8 Å². The van der Waals surface area contributed by atoms with Crippen molar-refractivity contribution in [3.8, 4) is 0 Å². The van der Waals surface area contributed by atoms with Gasteiger partial charge >= 0.3 is 0 Å². The third-order valence-electron chi connectivity index (χ3n) is 4.16. The molecule has 0 N–H and O–H groups in total. The maximum Gasteiger partial charge on any atom is 0.123 e. The predicted octanol–water partition coefficient (Wildman–Crippen LogP) is 2.53. The SMILES string of the molecule is CN(C)CCC1CN(Cc2cccc(F)c2)Cc2ccnn21. The van der Waals surface area contributed by atoms with E-state index in [2.05, 4.69) is 39.7 Å². The molecule has 118 valence electrons. The highest BCUT2D eigenvalue weighted by molar-refractivity contribution is 5.17. The molecular weight excluding hydrogens is 279 g/mol. The van der Waals surface area contributed by atoms with Crippen LogP contribution in [0.15, 0.2) is 36.5 Å². The summed E-state index contributed by atoms with van der Waals surface area (Å²) in [6, 6.07) is 9.36. The average molecular weight is 302 g/mol. The lowest BCUT2D eigenvalue weighted by atomic mass is 10.1. The first-order chi connectivity index (χ1) is 10.6. The lowest BCUT2D eigenvalue weighted by molar-refractivity contribution is 0.155. The molecule has 0 fully saturated rings. The van der Waals surface area contributed by atoms with Gasteiger partial charge < -0.3 is 4.90 Å². The van der Waals surface area contributed by atoms with Gasteiger partial charge in [-0.2, -0.15) is 5.10 Å². The van der Waals surface area contributed by atoms with Crippen molar-refractivity contribution in [3.63, 3.8) is 0 Å². The molecule has 3 rings (SSSR count). The highest BCUT2D eigenvalue weighted by atomic mass is 19.1. The molecule has 5 heteroatoms. The molecule has 1 aliphatic heterocycles. The van der Waals surface area contributed by atoms with Crippen molar-refractivity contribution in [2.45, 2.75) is 25.6 Å². The summed E-state index contributed by atoms with van der Waals surface area (Å²) in [6.07, 6.45) is 2.95. The molecule has 0 bridgehead atoms. The second-order valence-electron chi connectivity index (χ2n) is 6.31. The quantitative estimate of drug-likeness (QED) is 0.848. The minimum Gasteiger partial charge on any atom is -0.309 e. The van der Waals surface area contributed by atoms with Crippen LogP contribution < -0.4 is 0 Å². The van der Waals surface area contributed by atoms with Crippen LogP contribution in [0.25, 0.3) is 0 Å². The molecule has 0 saturated heterocycles.